The molecular weight excluding hydrogens is 230 g/mol. The fraction of sp³-hybridized carbons (Fsp3) is 0.214. The van der Waals surface area contributed by atoms with Crippen molar-refractivity contribution in [2.75, 3.05) is 6.61 Å². The number of hydrogen-bond donors (Lipinski definition) is 0. The molecule has 0 heterocycles. The number of ketones is 1. The van der Waals surface area contributed by atoms with Crippen molar-refractivity contribution in [3.63, 3.8) is 0 Å². The van der Waals surface area contributed by atoms with E-state index in [-0.39, 0.29) is 12.2 Å². The minimum Gasteiger partial charge on any atom is -0.463 e. The Labute approximate surface area is 105 Å². The van der Waals surface area contributed by atoms with Crippen LogP contribution in [0.25, 0.3) is 6.08 Å². The summed E-state index contributed by atoms with van der Waals surface area (Å²) in [5.41, 5.74) is 1.03. The molecule has 0 amide bonds. The van der Waals surface area contributed by atoms with E-state index in [0.717, 1.165) is 0 Å². The lowest BCUT2D eigenvalue weighted by atomic mass is 10.0. The number of hydrogen-bond acceptors (Lipinski definition) is 4. The zero-order valence-corrected chi connectivity index (χ0v) is 10.1. The highest BCUT2D eigenvalue weighted by Gasteiger charge is 2.08. The maximum absolute atomic E-state index is 11.7. The molecule has 0 aromatic heterocycles. The van der Waals surface area contributed by atoms with Crippen LogP contribution >= 0.6 is 0 Å². The Morgan fingerprint density at radius 3 is 2.78 bits per heavy atom. The molecule has 0 saturated carbocycles. The van der Waals surface area contributed by atoms with E-state index in [4.69, 9.17) is 10.00 Å². The Balaban J connectivity index is 2.93. The number of rotatable bonds is 5. The van der Waals surface area contributed by atoms with Crippen LogP contribution in [0.5, 0.6) is 0 Å². The summed E-state index contributed by atoms with van der Waals surface area (Å²) in [5.74, 6) is -0.721. The van der Waals surface area contributed by atoms with Crippen molar-refractivity contribution in [1.29, 1.82) is 5.26 Å². The third kappa shape index (κ3) is 3.87. The number of nitrogens with zero attached hydrogens (tertiary/aromatic N) is 1. The van der Waals surface area contributed by atoms with Gasteiger partial charge in [-0.1, -0.05) is 24.3 Å². The fourth-order valence-electron chi connectivity index (χ4n) is 1.41. The molecule has 0 aliphatic rings. The van der Waals surface area contributed by atoms with E-state index in [9.17, 15) is 9.59 Å². The van der Waals surface area contributed by atoms with E-state index in [1.807, 2.05) is 6.07 Å². The zero-order chi connectivity index (χ0) is 13.4. The highest BCUT2D eigenvalue weighted by molar-refractivity contribution is 6.01. The highest BCUT2D eigenvalue weighted by Crippen LogP contribution is 2.13. The third-order valence-electron chi connectivity index (χ3n) is 2.19. The summed E-state index contributed by atoms with van der Waals surface area (Å²) in [5, 5.41) is 8.51. The molecule has 0 bridgehead atoms. The summed E-state index contributed by atoms with van der Waals surface area (Å²) in [6, 6.07) is 8.62. The van der Waals surface area contributed by atoms with E-state index in [0.29, 0.717) is 17.7 Å². The van der Waals surface area contributed by atoms with Gasteiger partial charge in [-0.2, -0.15) is 5.26 Å². The van der Waals surface area contributed by atoms with Crippen LogP contribution in [-0.4, -0.2) is 18.4 Å². The Kier molecular flexibility index (Phi) is 5.33. The van der Waals surface area contributed by atoms with Gasteiger partial charge in [0, 0.05) is 11.6 Å². The standard InChI is InChI=1S/C14H13NO3/c1-2-18-14(17)8-7-11-5-3-4-6-12(11)13(16)9-10-15/h3-8H,2,9H2,1H3. The first-order chi connectivity index (χ1) is 8.69. The summed E-state index contributed by atoms with van der Waals surface area (Å²) in [4.78, 5) is 22.8. The topological polar surface area (TPSA) is 67.2 Å². The molecule has 0 unspecified atom stereocenters. The molecule has 0 N–H and O–H groups in total. The SMILES string of the molecule is CCOC(=O)C=Cc1ccccc1C(=O)CC#N. The highest BCUT2D eigenvalue weighted by atomic mass is 16.5. The predicted molar refractivity (Wildman–Crippen MR) is 66.7 cm³/mol. The summed E-state index contributed by atoms with van der Waals surface area (Å²) in [6.45, 7) is 2.02. The second-order valence-electron chi connectivity index (χ2n) is 3.43. The average Bonchev–Trinajstić information content (AvgIpc) is 2.37. The maximum Gasteiger partial charge on any atom is 0.330 e. The maximum atomic E-state index is 11.7. The quantitative estimate of drug-likeness (QED) is 0.452. The Bertz CT molecular complexity index is 512. The van der Waals surface area contributed by atoms with E-state index in [2.05, 4.69) is 0 Å². The number of nitriles is 1. The molecule has 0 aliphatic carbocycles. The fourth-order valence-corrected chi connectivity index (χ4v) is 1.41. The number of esters is 1. The van der Waals surface area contributed by atoms with Crippen molar-refractivity contribution >= 4 is 17.8 Å². The van der Waals surface area contributed by atoms with Crippen molar-refractivity contribution in [2.45, 2.75) is 13.3 Å². The van der Waals surface area contributed by atoms with Gasteiger partial charge in [-0.05, 0) is 18.6 Å². The minimum absolute atomic E-state index is 0.176. The van der Waals surface area contributed by atoms with Crippen LogP contribution in [0.4, 0.5) is 0 Å². The van der Waals surface area contributed by atoms with Crippen LogP contribution in [0.2, 0.25) is 0 Å². The van der Waals surface area contributed by atoms with Crippen molar-refractivity contribution in [1.82, 2.24) is 0 Å². The third-order valence-corrected chi connectivity index (χ3v) is 2.19. The molecule has 0 spiro atoms. The first kappa shape index (κ1) is 13.7. The number of carbonyl (C=O) groups is 2. The number of benzene rings is 1. The van der Waals surface area contributed by atoms with E-state index in [1.165, 1.54) is 12.2 Å². The van der Waals surface area contributed by atoms with Crippen LogP contribution in [0.15, 0.2) is 30.3 Å². The van der Waals surface area contributed by atoms with Gasteiger partial charge in [0.05, 0.1) is 19.1 Å². The van der Waals surface area contributed by atoms with Crippen LogP contribution in [0, 0.1) is 11.3 Å². The second-order valence-corrected chi connectivity index (χ2v) is 3.43. The zero-order valence-electron chi connectivity index (χ0n) is 10.1. The molecule has 0 saturated heterocycles. The average molecular weight is 243 g/mol. The van der Waals surface area contributed by atoms with Gasteiger partial charge >= 0.3 is 5.97 Å². The van der Waals surface area contributed by atoms with Crippen LogP contribution in [0.3, 0.4) is 0 Å². The van der Waals surface area contributed by atoms with E-state index in [1.54, 1.807) is 31.2 Å². The van der Waals surface area contributed by atoms with E-state index >= 15 is 0 Å². The van der Waals surface area contributed by atoms with Gasteiger partial charge in [0.1, 0.15) is 0 Å². The molecule has 92 valence electrons. The Morgan fingerprint density at radius 1 is 1.39 bits per heavy atom. The van der Waals surface area contributed by atoms with Crippen molar-refractivity contribution in [3.05, 3.63) is 41.5 Å². The number of Topliss-reactive ketones (excluding diaryl/α,β-unsaturated/α-hetero) is 1. The molecule has 4 nitrogen and oxygen atoms in total. The van der Waals surface area contributed by atoms with Gasteiger partial charge < -0.3 is 4.74 Å². The number of ether oxygens (including phenoxy) is 1. The largest absolute Gasteiger partial charge is 0.463 e. The van der Waals surface area contributed by atoms with E-state index < -0.39 is 5.97 Å². The Hall–Kier alpha value is -2.41. The lowest BCUT2D eigenvalue weighted by Crippen LogP contribution is -2.01. The summed E-state index contributed by atoms with van der Waals surface area (Å²) < 4.78 is 4.75. The second kappa shape index (κ2) is 7.02. The number of carbonyl (C=O) groups excluding carboxylic acids is 2. The predicted octanol–water partition coefficient (Wildman–Crippen LogP) is 2.36. The van der Waals surface area contributed by atoms with Gasteiger partial charge in [-0.3, -0.25) is 4.79 Å². The molecule has 1 rings (SSSR count). The first-order valence-corrected chi connectivity index (χ1v) is 5.53. The molecule has 1 aromatic carbocycles. The van der Waals surface area contributed by atoms with Crippen molar-refractivity contribution in [2.24, 2.45) is 0 Å². The first-order valence-electron chi connectivity index (χ1n) is 5.53. The molecule has 0 radical (unpaired) electrons. The Morgan fingerprint density at radius 2 is 2.11 bits per heavy atom. The van der Waals surface area contributed by atoms with Gasteiger partial charge in [0.15, 0.2) is 5.78 Å². The van der Waals surface area contributed by atoms with Gasteiger partial charge in [0.25, 0.3) is 0 Å². The van der Waals surface area contributed by atoms with Crippen LogP contribution < -0.4 is 0 Å². The summed E-state index contributed by atoms with van der Waals surface area (Å²) in [6.07, 6.45) is 2.61. The van der Waals surface area contributed by atoms with Crippen molar-refractivity contribution in [3.8, 4) is 6.07 Å². The molecule has 18 heavy (non-hydrogen) atoms. The normalized spacial score (nSPS) is 10.0. The summed E-state index contributed by atoms with van der Waals surface area (Å²) in [7, 11) is 0. The molecule has 0 aliphatic heterocycles. The monoisotopic (exact) mass is 243 g/mol. The molecular formula is C14H13NO3. The van der Waals surface area contributed by atoms with Gasteiger partial charge in [-0.25, -0.2) is 4.79 Å². The van der Waals surface area contributed by atoms with Gasteiger partial charge in [-0.15, -0.1) is 0 Å². The molecule has 0 atom stereocenters. The summed E-state index contributed by atoms with van der Waals surface area (Å²) >= 11 is 0. The van der Waals surface area contributed by atoms with Crippen molar-refractivity contribution < 1.29 is 14.3 Å². The lowest BCUT2D eigenvalue weighted by Gasteiger charge is -2.02. The van der Waals surface area contributed by atoms with Gasteiger partial charge in [0.2, 0.25) is 0 Å². The van der Waals surface area contributed by atoms with Crippen LogP contribution in [0.1, 0.15) is 29.3 Å². The minimum atomic E-state index is -0.458. The smallest absolute Gasteiger partial charge is 0.330 e. The molecule has 0 fully saturated rings. The molecule has 1 aromatic rings. The molecule has 4 heteroatoms. The van der Waals surface area contributed by atoms with Crippen LogP contribution in [-0.2, 0) is 9.53 Å². The lowest BCUT2D eigenvalue weighted by molar-refractivity contribution is -0.137.